The second kappa shape index (κ2) is 11.6. The van der Waals surface area contributed by atoms with Gasteiger partial charge in [0.05, 0.1) is 0 Å². The summed E-state index contributed by atoms with van der Waals surface area (Å²) in [6.45, 7) is 0. The van der Waals surface area contributed by atoms with Crippen LogP contribution in [0.4, 0.5) is 17.1 Å². The summed E-state index contributed by atoms with van der Waals surface area (Å²) in [6, 6.07) is 69.0. The molecule has 0 spiro atoms. The van der Waals surface area contributed by atoms with E-state index in [-0.39, 0.29) is 0 Å². The first-order valence-corrected chi connectivity index (χ1v) is 21.0. The Morgan fingerprint density at radius 2 is 1.02 bits per heavy atom. The molecule has 50 heavy (non-hydrogen) atoms. The number of fused-ring (bicyclic) bond motifs is 6. The monoisotopic (exact) mass is 722 g/mol. The van der Waals surface area contributed by atoms with Crippen LogP contribution in [-0.2, 0) is 0 Å². The van der Waals surface area contributed by atoms with Crippen molar-refractivity contribution >= 4 is 86.2 Å². The quantitative estimate of drug-likeness (QED) is 0.127. The maximum atomic E-state index is 3.79. The molecule has 4 heteroatoms. The van der Waals surface area contributed by atoms with Gasteiger partial charge < -0.3 is 0 Å². The summed E-state index contributed by atoms with van der Waals surface area (Å²) in [4.78, 5) is 2.44. The number of hydrogen-bond donors (Lipinski definition) is 0. The summed E-state index contributed by atoms with van der Waals surface area (Å²) in [5, 5.41) is 9.11. The van der Waals surface area contributed by atoms with Crippen molar-refractivity contribution < 1.29 is 0 Å². The van der Waals surface area contributed by atoms with E-state index in [0.29, 0.717) is 0 Å². The van der Waals surface area contributed by atoms with Gasteiger partial charge in [-0.3, -0.25) is 0 Å². The zero-order chi connectivity index (χ0) is 33.2. The third kappa shape index (κ3) is 4.31. The molecule has 0 saturated carbocycles. The predicted molar refractivity (Wildman–Crippen MR) is 216 cm³/mol. The fraction of sp³-hybridized carbons (Fsp3) is 0. The molecule has 2 nitrogen and oxygen atoms in total. The number of rotatable bonds is 5. The van der Waals surface area contributed by atoms with Crippen LogP contribution in [0.5, 0.6) is 0 Å². The first kappa shape index (κ1) is 29.5. The average Bonchev–Trinajstić information content (AvgIpc) is 3.53. The van der Waals surface area contributed by atoms with Crippen LogP contribution in [0.3, 0.4) is 0 Å². The second-order valence-corrected chi connectivity index (χ2v) is 19.0. The van der Waals surface area contributed by atoms with Gasteiger partial charge in [-0.25, -0.2) is 0 Å². The van der Waals surface area contributed by atoms with Gasteiger partial charge in [0.25, 0.3) is 0 Å². The molecule has 0 saturated heterocycles. The Morgan fingerprint density at radius 3 is 1.78 bits per heavy atom. The molecule has 1 aromatic heterocycles. The molecule has 0 bridgehead atoms. The van der Waals surface area contributed by atoms with Gasteiger partial charge in [-0.2, -0.15) is 0 Å². The molecular weight excluding hydrogens is 690 g/mol. The van der Waals surface area contributed by atoms with Crippen LogP contribution in [0.2, 0.25) is 0 Å². The summed E-state index contributed by atoms with van der Waals surface area (Å²) in [5.41, 5.74) is 7.53. The molecule has 2 heterocycles. The number of aromatic nitrogens is 1. The number of para-hydroxylation sites is 3. The third-order valence-corrected chi connectivity index (χ3v) is 17.2. The van der Waals surface area contributed by atoms with Gasteiger partial charge in [0.15, 0.2) is 0 Å². The Kier molecular flexibility index (Phi) is 6.83. The fourth-order valence-electron chi connectivity index (χ4n) is 8.00. The minimum atomic E-state index is -2.07. The standard InChI is InChI=1S/C46H31N2PSe/c50-49(34-17-6-2-7-18-34,35-19-8-3-9-20-35)45-28-14-23-37-36(22-12-24-39(37)45)32-29-30-42-44(31-32)47(33-15-4-1-5-16-33)43-27-13-25-40-38-21-10-11-26-41(38)48(42)46(40)43/h1-31H. The van der Waals surface area contributed by atoms with Gasteiger partial charge in [-0.1, -0.05) is 30.3 Å². The molecule has 1 aliphatic rings. The molecule has 0 radical (unpaired) electrons. The van der Waals surface area contributed by atoms with E-state index >= 15 is 0 Å². The van der Waals surface area contributed by atoms with E-state index in [1.54, 1.807) is 0 Å². The zero-order valence-corrected chi connectivity index (χ0v) is 29.8. The van der Waals surface area contributed by atoms with Gasteiger partial charge in [0, 0.05) is 0 Å². The number of benzene rings is 8. The molecule has 0 atom stereocenters. The van der Waals surface area contributed by atoms with Crippen LogP contribution in [0.15, 0.2) is 188 Å². The number of nitrogens with zero attached hydrogens (tertiary/aromatic N) is 2. The molecule has 0 N–H and O–H groups in total. The molecular formula is C46H31N2PSe. The van der Waals surface area contributed by atoms with Crippen molar-refractivity contribution in [2.75, 3.05) is 4.90 Å². The minimum absolute atomic E-state index is 1.15. The Balaban J connectivity index is 1.23. The van der Waals surface area contributed by atoms with Gasteiger partial charge in [0.2, 0.25) is 0 Å². The number of anilines is 3. The molecule has 1 aliphatic heterocycles. The van der Waals surface area contributed by atoms with E-state index in [4.69, 9.17) is 0 Å². The predicted octanol–water partition coefficient (Wildman–Crippen LogP) is 10.8. The molecule has 0 fully saturated rings. The van der Waals surface area contributed by atoms with Crippen molar-refractivity contribution in [3.63, 3.8) is 0 Å². The van der Waals surface area contributed by atoms with E-state index in [9.17, 15) is 0 Å². The molecule has 8 aromatic carbocycles. The van der Waals surface area contributed by atoms with Crippen LogP contribution in [-0.4, -0.2) is 19.7 Å². The average molecular weight is 722 g/mol. The first-order chi connectivity index (χ1) is 24.7. The Labute approximate surface area is 299 Å². The van der Waals surface area contributed by atoms with Crippen LogP contribution in [0, 0.1) is 0 Å². The first-order valence-electron chi connectivity index (χ1n) is 17.0. The molecule has 0 amide bonds. The van der Waals surface area contributed by atoms with Crippen molar-refractivity contribution in [1.82, 2.24) is 4.57 Å². The van der Waals surface area contributed by atoms with E-state index < -0.39 is 5.51 Å². The van der Waals surface area contributed by atoms with E-state index in [0.717, 1.165) is 5.69 Å². The van der Waals surface area contributed by atoms with Gasteiger partial charge in [-0.15, -0.1) is 0 Å². The molecule has 0 aliphatic carbocycles. The third-order valence-electron chi connectivity index (χ3n) is 10.2. The zero-order valence-electron chi connectivity index (χ0n) is 27.1. The summed E-state index contributed by atoms with van der Waals surface area (Å²) >= 11 is 3.79. The van der Waals surface area contributed by atoms with Crippen molar-refractivity contribution in [1.29, 1.82) is 0 Å². The van der Waals surface area contributed by atoms with Crippen LogP contribution in [0.1, 0.15) is 0 Å². The van der Waals surface area contributed by atoms with Crippen molar-refractivity contribution in [3.8, 4) is 16.8 Å². The molecule has 9 aromatic rings. The van der Waals surface area contributed by atoms with Gasteiger partial charge in [0.1, 0.15) is 0 Å². The van der Waals surface area contributed by atoms with Crippen molar-refractivity contribution in [2.45, 2.75) is 0 Å². The molecule has 236 valence electrons. The Hall–Kier alpha value is -5.43. The van der Waals surface area contributed by atoms with Gasteiger partial charge >= 0.3 is 270 Å². The topological polar surface area (TPSA) is 8.17 Å². The van der Waals surface area contributed by atoms with Gasteiger partial charge in [-0.05, 0) is 0 Å². The van der Waals surface area contributed by atoms with Crippen LogP contribution in [0.25, 0.3) is 49.4 Å². The SMILES string of the molecule is [Se]=P(c1ccccc1)(c1ccccc1)c1cccc2c(-c3ccc4c(c3)N(c3ccccc3)c3cccc5c6ccccc6n-4c35)cccc12. The normalized spacial score (nSPS) is 12.4. The maximum absolute atomic E-state index is 3.79. The van der Waals surface area contributed by atoms with Crippen LogP contribution < -0.4 is 20.8 Å². The number of hydrogen-bond acceptors (Lipinski definition) is 1. The van der Waals surface area contributed by atoms with Crippen molar-refractivity contribution in [2.24, 2.45) is 0 Å². The van der Waals surface area contributed by atoms with Crippen molar-refractivity contribution in [3.05, 3.63) is 188 Å². The summed E-state index contributed by atoms with van der Waals surface area (Å²) in [7, 11) is 0. The van der Waals surface area contributed by atoms with Crippen LogP contribution >= 0.6 is 5.51 Å². The van der Waals surface area contributed by atoms with E-state index in [1.807, 2.05) is 0 Å². The van der Waals surface area contributed by atoms with E-state index in [2.05, 4.69) is 213 Å². The molecule has 10 rings (SSSR count). The Morgan fingerprint density at radius 1 is 0.420 bits per heavy atom. The summed E-state index contributed by atoms with van der Waals surface area (Å²) in [5.74, 6) is 0. The summed E-state index contributed by atoms with van der Waals surface area (Å²) in [6.07, 6.45) is 0. The fourth-order valence-corrected chi connectivity index (χ4v) is 13.4. The molecule has 0 unspecified atom stereocenters. The van der Waals surface area contributed by atoms with E-state index in [1.165, 1.54) is 76.7 Å². The second-order valence-electron chi connectivity index (χ2n) is 12.9. The Bertz CT molecular complexity index is 2750. The summed E-state index contributed by atoms with van der Waals surface area (Å²) < 4.78 is 2.46.